The first kappa shape index (κ1) is 25.2. The molecule has 2 saturated heterocycles. The maximum Gasteiger partial charge on any atom is 0.221 e. The first-order valence-electron chi connectivity index (χ1n) is 9.97. The van der Waals surface area contributed by atoms with Crippen LogP contribution >= 0.6 is 24.8 Å². The Morgan fingerprint density at radius 3 is 2.50 bits per heavy atom. The third-order valence-electron chi connectivity index (χ3n) is 5.36. The first-order chi connectivity index (χ1) is 12.6. The molecule has 2 aliphatic rings. The molecule has 3 atom stereocenters. The molecule has 0 bridgehead atoms. The number of rotatable bonds is 6. The van der Waals surface area contributed by atoms with Crippen LogP contribution in [-0.2, 0) is 22.6 Å². The summed E-state index contributed by atoms with van der Waals surface area (Å²) in [5, 5.41) is 6.42. The van der Waals surface area contributed by atoms with Gasteiger partial charge in [-0.3, -0.25) is 9.69 Å². The monoisotopic (exact) mass is 431 g/mol. The minimum atomic E-state index is 0. The van der Waals surface area contributed by atoms with E-state index in [0.717, 1.165) is 31.5 Å². The van der Waals surface area contributed by atoms with Gasteiger partial charge in [-0.2, -0.15) is 0 Å². The van der Waals surface area contributed by atoms with Crippen LogP contribution in [0.3, 0.4) is 0 Å². The highest BCUT2D eigenvalue weighted by Crippen LogP contribution is 2.23. The zero-order valence-corrected chi connectivity index (χ0v) is 18.6. The number of likely N-dealkylation sites (tertiary alicyclic amines) is 1. The smallest absolute Gasteiger partial charge is 0.221 e. The average molecular weight is 432 g/mol. The van der Waals surface area contributed by atoms with Crippen LogP contribution in [-0.4, -0.2) is 49.7 Å². The standard InChI is InChI=1S/C21H33N3O2.2ClH/c1-16-9-17(2)13-24(12-16)14-19-6-4-3-5-18(19)11-23-21(25)10-20-15-26-8-7-22-20;;/h3-6,16-17,20,22H,7-15H2,1-2H3,(H,23,25);2*1H. The van der Waals surface area contributed by atoms with Crippen molar-refractivity contribution in [2.24, 2.45) is 11.8 Å². The second-order valence-corrected chi connectivity index (χ2v) is 8.12. The molecule has 7 heteroatoms. The maximum atomic E-state index is 12.3. The summed E-state index contributed by atoms with van der Waals surface area (Å²) < 4.78 is 5.42. The van der Waals surface area contributed by atoms with Crippen molar-refractivity contribution < 1.29 is 9.53 Å². The summed E-state index contributed by atoms with van der Waals surface area (Å²) in [5.41, 5.74) is 2.55. The van der Waals surface area contributed by atoms with Gasteiger partial charge in [-0.1, -0.05) is 38.1 Å². The minimum Gasteiger partial charge on any atom is -0.378 e. The fraction of sp³-hybridized carbons (Fsp3) is 0.667. The van der Waals surface area contributed by atoms with Crippen LogP contribution in [0.15, 0.2) is 24.3 Å². The van der Waals surface area contributed by atoms with Crippen molar-refractivity contribution in [1.29, 1.82) is 0 Å². The third kappa shape index (κ3) is 7.88. The minimum absolute atomic E-state index is 0. The zero-order valence-electron chi connectivity index (χ0n) is 17.0. The molecule has 2 fully saturated rings. The molecule has 1 aromatic carbocycles. The van der Waals surface area contributed by atoms with E-state index in [0.29, 0.717) is 19.6 Å². The molecule has 2 N–H and O–H groups in total. The molecule has 160 valence electrons. The Kier molecular flexibility index (Phi) is 11.4. The van der Waals surface area contributed by atoms with E-state index < -0.39 is 0 Å². The highest BCUT2D eigenvalue weighted by atomic mass is 35.5. The van der Waals surface area contributed by atoms with Crippen molar-refractivity contribution in [3.63, 3.8) is 0 Å². The molecular formula is C21H35Cl2N3O2. The Labute approximate surface area is 181 Å². The summed E-state index contributed by atoms with van der Waals surface area (Å²) in [6, 6.07) is 8.62. The van der Waals surface area contributed by atoms with Gasteiger partial charge in [0.15, 0.2) is 0 Å². The molecule has 28 heavy (non-hydrogen) atoms. The molecule has 2 heterocycles. The maximum absolute atomic E-state index is 12.3. The van der Waals surface area contributed by atoms with E-state index in [4.69, 9.17) is 4.74 Å². The largest absolute Gasteiger partial charge is 0.378 e. The predicted octanol–water partition coefficient (Wildman–Crippen LogP) is 3.00. The SMILES string of the molecule is CC1CC(C)CN(Cc2ccccc2CNC(=O)CC2COCCN2)C1.Cl.Cl. The quantitative estimate of drug-likeness (QED) is 0.726. The summed E-state index contributed by atoms with van der Waals surface area (Å²) in [6.45, 7) is 10.8. The van der Waals surface area contributed by atoms with E-state index in [1.165, 1.54) is 30.6 Å². The number of nitrogens with one attached hydrogen (secondary N) is 2. The number of carbonyl (C=O) groups excluding carboxylic acids is 1. The van der Waals surface area contributed by atoms with Crippen molar-refractivity contribution >= 4 is 30.7 Å². The lowest BCUT2D eigenvalue weighted by atomic mass is 9.91. The second kappa shape index (κ2) is 12.7. The van der Waals surface area contributed by atoms with Gasteiger partial charge in [-0.25, -0.2) is 0 Å². The predicted molar refractivity (Wildman–Crippen MR) is 118 cm³/mol. The Bertz CT molecular complexity index is 587. The number of ether oxygens (including phenoxy) is 1. The molecule has 0 aliphatic carbocycles. The number of benzene rings is 1. The van der Waals surface area contributed by atoms with Gasteiger partial charge in [0.05, 0.1) is 13.2 Å². The molecule has 0 aromatic heterocycles. The van der Waals surface area contributed by atoms with Crippen molar-refractivity contribution in [2.75, 3.05) is 32.8 Å². The molecule has 3 rings (SSSR count). The lowest BCUT2D eigenvalue weighted by Gasteiger charge is -2.35. The molecule has 1 amide bonds. The number of hydrogen-bond donors (Lipinski definition) is 2. The van der Waals surface area contributed by atoms with E-state index in [9.17, 15) is 4.79 Å². The van der Waals surface area contributed by atoms with Crippen LogP contribution in [0.4, 0.5) is 0 Å². The van der Waals surface area contributed by atoms with E-state index >= 15 is 0 Å². The Morgan fingerprint density at radius 2 is 1.86 bits per heavy atom. The number of amides is 1. The van der Waals surface area contributed by atoms with Crippen LogP contribution in [0.1, 0.15) is 37.8 Å². The van der Waals surface area contributed by atoms with Gasteiger partial charge in [-0.05, 0) is 29.4 Å². The second-order valence-electron chi connectivity index (χ2n) is 8.12. The van der Waals surface area contributed by atoms with E-state index in [1.54, 1.807) is 0 Å². The molecule has 5 nitrogen and oxygen atoms in total. The van der Waals surface area contributed by atoms with Crippen LogP contribution in [0.5, 0.6) is 0 Å². The van der Waals surface area contributed by atoms with Gasteiger partial charge in [0.25, 0.3) is 0 Å². The Balaban J connectivity index is 0.00000196. The first-order valence-corrected chi connectivity index (χ1v) is 9.97. The number of carbonyl (C=O) groups is 1. The summed E-state index contributed by atoms with van der Waals surface area (Å²) in [7, 11) is 0. The number of piperidine rings is 1. The number of halogens is 2. The molecule has 0 saturated carbocycles. The lowest BCUT2D eigenvalue weighted by Crippen LogP contribution is -2.44. The molecule has 1 aromatic rings. The van der Waals surface area contributed by atoms with Crippen molar-refractivity contribution in [3.05, 3.63) is 35.4 Å². The highest BCUT2D eigenvalue weighted by molar-refractivity contribution is 5.85. The van der Waals surface area contributed by atoms with E-state index in [-0.39, 0.29) is 36.8 Å². The number of nitrogens with zero attached hydrogens (tertiary/aromatic N) is 1. The van der Waals surface area contributed by atoms with Crippen molar-refractivity contribution in [1.82, 2.24) is 15.5 Å². The van der Waals surface area contributed by atoms with Crippen LogP contribution in [0.25, 0.3) is 0 Å². The van der Waals surface area contributed by atoms with E-state index in [2.05, 4.69) is 53.6 Å². The summed E-state index contributed by atoms with van der Waals surface area (Å²) >= 11 is 0. The summed E-state index contributed by atoms with van der Waals surface area (Å²) in [6.07, 6.45) is 1.80. The Morgan fingerprint density at radius 1 is 1.18 bits per heavy atom. The zero-order chi connectivity index (χ0) is 18.4. The summed E-state index contributed by atoms with van der Waals surface area (Å²) in [5.74, 6) is 1.61. The molecule has 3 unspecified atom stereocenters. The molecular weight excluding hydrogens is 397 g/mol. The fourth-order valence-electron chi connectivity index (χ4n) is 4.29. The Hall–Kier alpha value is -0.850. The third-order valence-corrected chi connectivity index (χ3v) is 5.36. The topological polar surface area (TPSA) is 53.6 Å². The molecule has 0 radical (unpaired) electrons. The number of hydrogen-bond acceptors (Lipinski definition) is 4. The van der Waals surface area contributed by atoms with Gasteiger partial charge in [0.1, 0.15) is 0 Å². The highest BCUT2D eigenvalue weighted by Gasteiger charge is 2.22. The van der Waals surface area contributed by atoms with Gasteiger partial charge in [0, 0.05) is 45.2 Å². The normalized spacial score (nSPS) is 25.3. The number of morpholine rings is 1. The summed E-state index contributed by atoms with van der Waals surface area (Å²) in [4.78, 5) is 14.8. The van der Waals surface area contributed by atoms with Crippen LogP contribution in [0.2, 0.25) is 0 Å². The van der Waals surface area contributed by atoms with Crippen molar-refractivity contribution in [2.45, 2.75) is 45.8 Å². The van der Waals surface area contributed by atoms with Gasteiger partial charge >= 0.3 is 0 Å². The van der Waals surface area contributed by atoms with Crippen molar-refractivity contribution in [3.8, 4) is 0 Å². The van der Waals surface area contributed by atoms with E-state index in [1.807, 2.05) is 0 Å². The van der Waals surface area contributed by atoms with Gasteiger partial charge in [-0.15, -0.1) is 24.8 Å². The fourth-order valence-corrected chi connectivity index (χ4v) is 4.29. The molecule has 0 spiro atoms. The van der Waals surface area contributed by atoms with Gasteiger partial charge < -0.3 is 15.4 Å². The van der Waals surface area contributed by atoms with Crippen LogP contribution < -0.4 is 10.6 Å². The lowest BCUT2D eigenvalue weighted by molar-refractivity contribution is -0.122. The average Bonchev–Trinajstić information content (AvgIpc) is 2.61. The molecule has 2 aliphatic heterocycles. The van der Waals surface area contributed by atoms with Gasteiger partial charge in [0.2, 0.25) is 5.91 Å². The van der Waals surface area contributed by atoms with Crippen LogP contribution in [0, 0.1) is 11.8 Å².